The third kappa shape index (κ3) is 2.53. The molecule has 118 valence electrons. The van der Waals surface area contributed by atoms with Gasteiger partial charge in [-0.05, 0) is 37.3 Å². The quantitative estimate of drug-likeness (QED) is 0.872. The van der Waals surface area contributed by atoms with Crippen LogP contribution in [0.2, 0.25) is 0 Å². The lowest BCUT2D eigenvalue weighted by Gasteiger charge is -2.17. The van der Waals surface area contributed by atoms with Crippen molar-refractivity contribution in [2.24, 2.45) is 5.92 Å². The number of pyridine rings is 1. The van der Waals surface area contributed by atoms with Gasteiger partial charge in [0.1, 0.15) is 11.3 Å². The fourth-order valence-corrected chi connectivity index (χ4v) is 5.82. The van der Waals surface area contributed by atoms with Gasteiger partial charge in [-0.2, -0.15) is 0 Å². The third-order valence-corrected chi connectivity index (χ3v) is 6.85. The van der Waals surface area contributed by atoms with Gasteiger partial charge in [0, 0.05) is 18.7 Å². The van der Waals surface area contributed by atoms with E-state index in [0.717, 1.165) is 29.8 Å². The van der Waals surface area contributed by atoms with E-state index in [-0.39, 0.29) is 5.92 Å². The van der Waals surface area contributed by atoms with Crippen LogP contribution in [-0.4, -0.2) is 34.5 Å². The van der Waals surface area contributed by atoms with Crippen LogP contribution in [0.1, 0.15) is 44.0 Å². The maximum Gasteiger partial charge on any atom is 0.160 e. The van der Waals surface area contributed by atoms with Crippen molar-refractivity contribution in [2.75, 3.05) is 11.5 Å². The molecule has 0 spiro atoms. The molecule has 2 aromatic heterocycles. The molecule has 5 nitrogen and oxygen atoms in total. The van der Waals surface area contributed by atoms with Gasteiger partial charge < -0.3 is 4.57 Å². The molecule has 6 heteroatoms. The number of nitrogens with zero attached hydrogens (tertiary/aromatic N) is 3. The van der Waals surface area contributed by atoms with Gasteiger partial charge in [-0.25, -0.2) is 18.4 Å². The van der Waals surface area contributed by atoms with Crippen LogP contribution in [0.25, 0.3) is 11.2 Å². The molecule has 0 radical (unpaired) electrons. The third-order valence-electron chi connectivity index (χ3n) is 5.01. The first-order valence-corrected chi connectivity index (χ1v) is 9.97. The van der Waals surface area contributed by atoms with Gasteiger partial charge >= 0.3 is 0 Å². The first-order chi connectivity index (χ1) is 10.6. The second kappa shape index (κ2) is 5.33. The molecule has 1 saturated carbocycles. The number of fused-ring (bicyclic) bond motifs is 1. The molecule has 1 atom stereocenters. The molecule has 3 heterocycles. The van der Waals surface area contributed by atoms with Gasteiger partial charge in [-0.1, -0.05) is 12.8 Å². The van der Waals surface area contributed by atoms with Crippen LogP contribution in [0.4, 0.5) is 0 Å². The van der Waals surface area contributed by atoms with Crippen molar-refractivity contribution in [1.82, 2.24) is 14.5 Å². The van der Waals surface area contributed by atoms with Gasteiger partial charge in [0.2, 0.25) is 0 Å². The maximum absolute atomic E-state index is 11.7. The summed E-state index contributed by atoms with van der Waals surface area (Å²) in [6.45, 7) is 0. The minimum atomic E-state index is -2.83. The Morgan fingerprint density at radius 1 is 1.23 bits per heavy atom. The summed E-state index contributed by atoms with van der Waals surface area (Å²) in [6.07, 6.45) is 8.22. The smallest absolute Gasteiger partial charge is 0.160 e. The summed E-state index contributed by atoms with van der Waals surface area (Å²) in [5, 5.41) is 0. The Morgan fingerprint density at radius 2 is 2.05 bits per heavy atom. The molecule has 2 fully saturated rings. The summed E-state index contributed by atoms with van der Waals surface area (Å²) < 4.78 is 25.7. The lowest BCUT2D eigenvalue weighted by molar-refractivity contribution is 0.479. The van der Waals surface area contributed by atoms with Gasteiger partial charge in [-0.3, -0.25) is 0 Å². The number of hydrogen-bond donors (Lipinski definition) is 0. The zero-order valence-electron chi connectivity index (χ0n) is 12.6. The van der Waals surface area contributed by atoms with Crippen molar-refractivity contribution in [1.29, 1.82) is 0 Å². The summed E-state index contributed by atoms with van der Waals surface area (Å²) in [6, 6.07) is 4.40. The minimum Gasteiger partial charge on any atom is -0.310 e. The lowest BCUT2D eigenvalue weighted by Crippen LogP contribution is -2.15. The maximum atomic E-state index is 11.7. The highest BCUT2D eigenvalue weighted by atomic mass is 32.2. The van der Waals surface area contributed by atoms with Crippen LogP contribution < -0.4 is 0 Å². The molecule has 22 heavy (non-hydrogen) atoms. The zero-order valence-corrected chi connectivity index (χ0v) is 13.4. The predicted octanol–water partition coefficient (Wildman–Crippen LogP) is 2.52. The molecular formula is C16H21N3O2S. The molecule has 1 saturated heterocycles. The standard InChI is InChI=1S/C16H21N3O2S/c20-22(21)9-7-12(11-22)10-15-18-14-6-3-8-17-16(14)19(15)13-4-1-2-5-13/h3,6,8,12-13H,1-2,4-5,7,9-11H2. The van der Waals surface area contributed by atoms with Gasteiger partial charge in [0.15, 0.2) is 15.5 Å². The predicted molar refractivity (Wildman–Crippen MR) is 85.5 cm³/mol. The molecule has 1 unspecified atom stereocenters. The molecule has 2 aromatic rings. The number of aromatic nitrogens is 3. The molecule has 0 N–H and O–H groups in total. The first kappa shape index (κ1) is 14.2. The number of sulfone groups is 1. The van der Waals surface area contributed by atoms with E-state index < -0.39 is 9.84 Å². The van der Waals surface area contributed by atoms with E-state index in [4.69, 9.17) is 4.98 Å². The average molecular weight is 319 g/mol. The lowest BCUT2D eigenvalue weighted by atomic mass is 10.0. The fraction of sp³-hybridized carbons (Fsp3) is 0.625. The Kier molecular flexibility index (Phi) is 3.44. The monoisotopic (exact) mass is 319 g/mol. The van der Waals surface area contributed by atoms with Crippen molar-refractivity contribution in [3.05, 3.63) is 24.2 Å². The second-order valence-electron chi connectivity index (χ2n) is 6.66. The van der Waals surface area contributed by atoms with E-state index in [1.165, 1.54) is 25.7 Å². The van der Waals surface area contributed by atoms with Gasteiger partial charge in [-0.15, -0.1) is 0 Å². The van der Waals surface area contributed by atoms with Crippen molar-refractivity contribution >= 4 is 21.0 Å². The molecule has 0 aromatic carbocycles. The molecule has 2 aliphatic rings. The molecule has 4 rings (SSSR count). The normalized spacial score (nSPS) is 25.2. The number of rotatable bonds is 3. The Balaban J connectivity index is 1.71. The first-order valence-electron chi connectivity index (χ1n) is 8.15. The van der Waals surface area contributed by atoms with Crippen molar-refractivity contribution in [2.45, 2.75) is 44.6 Å². The average Bonchev–Trinajstić information content (AvgIpc) is 3.17. The Bertz CT molecular complexity index is 791. The van der Waals surface area contributed by atoms with E-state index in [0.29, 0.717) is 17.5 Å². The van der Waals surface area contributed by atoms with Crippen LogP contribution in [-0.2, 0) is 16.3 Å². The van der Waals surface area contributed by atoms with Crippen LogP contribution in [0, 0.1) is 5.92 Å². The van der Waals surface area contributed by atoms with Crippen molar-refractivity contribution < 1.29 is 8.42 Å². The largest absolute Gasteiger partial charge is 0.310 e. The highest BCUT2D eigenvalue weighted by Crippen LogP contribution is 2.34. The summed E-state index contributed by atoms with van der Waals surface area (Å²) >= 11 is 0. The van der Waals surface area contributed by atoms with Gasteiger partial charge in [0.05, 0.1) is 11.5 Å². The topological polar surface area (TPSA) is 64.8 Å². The van der Waals surface area contributed by atoms with Crippen molar-refractivity contribution in [3.63, 3.8) is 0 Å². The second-order valence-corrected chi connectivity index (χ2v) is 8.88. The van der Waals surface area contributed by atoms with Crippen molar-refractivity contribution in [3.8, 4) is 0 Å². The van der Waals surface area contributed by atoms with E-state index in [1.807, 2.05) is 18.3 Å². The zero-order chi connectivity index (χ0) is 15.2. The molecule has 1 aliphatic heterocycles. The highest BCUT2D eigenvalue weighted by molar-refractivity contribution is 7.91. The Labute approximate surface area is 130 Å². The summed E-state index contributed by atoms with van der Waals surface area (Å²) in [7, 11) is -2.83. The van der Waals surface area contributed by atoms with E-state index in [2.05, 4.69) is 9.55 Å². The molecule has 0 amide bonds. The van der Waals surface area contributed by atoms with E-state index in [1.54, 1.807) is 0 Å². The number of hydrogen-bond acceptors (Lipinski definition) is 4. The molecule has 1 aliphatic carbocycles. The Morgan fingerprint density at radius 3 is 2.77 bits per heavy atom. The number of imidazole rings is 1. The fourth-order valence-electron chi connectivity index (χ4n) is 3.96. The molecule has 0 bridgehead atoms. The Hall–Kier alpha value is -1.43. The van der Waals surface area contributed by atoms with E-state index >= 15 is 0 Å². The summed E-state index contributed by atoms with van der Waals surface area (Å²) in [5.74, 6) is 1.89. The van der Waals surface area contributed by atoms with E-state index in [9.17, 15) is 8.42 Å². The van der Waals surface area contributed by atoms with Crippen LogP contribution >= 0.6 is 0 Å². The minimum absolute atomic E-state index is 0.210. The summed E-state index contributed by atoms with van der Waals surface area (Å²) in [5.41, 5.74) is 1.90. The van der Waals surface area contributed by atoms with Gasteiger partial charge in [0.25, 0.3) is 0 Å². The van der Waals surface area contributed by atoms with Crippen LogP contribution in [0.5, 0.6) is 0 Å². The molecular weight excluding hydrogens is 298 g/mol. The van der Waals surface area contributed by atoms with Crippen LogP contribution in [0.15, 0.2) is 18.3 Å². The SMILES string of the molecule is O=S1(=O)CCC(Cc2nc3cccnc3n2C2CCCC2)C1. The van der Waals surface area contributed by atoms with Crippen LogP contribution in [0.3, 0.4) is 0 Å². The summed E-state index contributed by atoms with van der Waals surface area (Å²) in [4.78, 5) is 9.31. The highest BCUT2D eigenvalue weighted by Gasteiger charge is 2.31.